The molecule has 0 unspecified atom stereocenters. The van der Waals surface area contributed by atoms with Crippen molar-refractivity contribution in [2.45, 2.75) is 45.4 Å². The van der Waals surface area contributed by atoms with E-state index in [2.05, 4.69) is 39.3 Å². The second kappa shape index (κ2) is 5.51. The van der Waals surface area contributed by atoms with Crippen LogP contribution in [0.2, 0.25) is 39.3 Å². The van der Waals surface area contributed by atoms with Crippen molar-refractivity contribution in [3.63, 3.8) is 0 Å². The largest absolute Gasteiger partial charge is 0.404 e. The lowest BCUT2D eigenvalue weighted by Gasteiger charge is -2.29. The molecule has 0 radical (unpaired) electrons. The van der Waals surface area contributed by atoms with Crippen LogP contribution < -0.4 is 0 Å². The minimum absolute atomic E-state index is 0.288. The number of carbonyl (C=O) groups excluding carboxylic acids is 1. The average Bonchev–Trinajstić information content (AvgIpc) is 2.24. The van der Waals surface area contributed by atoms with Crippen LogP contribution in [0, 0.1) is 0 Å². The zero-order valence-electron chi connectivity index (χ0n) is 12.3. The molecule has 0 bridgehead atoms. The maximum atomic E-state index is 12.6. The molecule has 4 heteroatoms. The maximum Gasteiger partial charge on any atom is 0.185 e. The third kappa shape index (κ3) is 4.51. The van der Waals surface area contributed by atoms with Gasteiger partial charge in [0.2, 0.25) is 0 Å². The molecule has 1 atom stereocenters. The summed E-state index contributed by atoms with van der Waals surface area (Å²) in [5, 5.41) is 0.288. The summed E-state index contributed by atoms with van der Waals surface area (Å²) in [7, 11) is -3.59. The lowest BCUT2D eigenvalue weighted by molar-refractivity contribution is -0.119. The second-order valence-electron chi connectivity index (χ2n) is 6.64. The molecule has 0 N–H and O–H groups in total. The highest BCUT2D eigenvalue weighted by molar-refractivity contribution is 7.04. The van der Waals surface area contributed by atoms with Crippen LogP contribution >= 0.6 is 0 Å². The van der Waals surface area contributed by atoms with Gasteiger partial charge in [0, 0.05) is 0 Å². The minimum atomic E-state index is -1.85. The quantitative estimate of drug-likeness (QED) is 0.761. The number of benzene rings is 1. The Morgan fingerprint density at radius 1 is 1.00 bits per heavy atom. The number of hydrogen-bond donors (Lipinski definition) is 0. The maximum absolute atomic E-state index is 12.6. The van der Waals surface area contributed by atoms with Crippen molar-refractivity contribution in [2.75, 3.05) is 0 Å². The fraction of sp³-hybridized carbons (Fsp3) is 0.500. The molecule has 0 aliphatic carbocycles. The normalized spacial score (nSPS) is 14.3. The van der Waals surface area contributed by atoms with Gasteiger partial charge in [0.25, 0.3) is 0 Å². The molecule has 0 aliphatic heterocycles. The molecule has 1 aromatic rings. The van der Waals surface area contributed by atoms with Crippen molar-refractivity contribution in [3.8, 4) is 0 Å². The molecule has 0 spiro atoms. The zero-order valence-corrected chi connectivity index (χ0v) is 14.3. The molecule has 0 aliphatic rings. The van der Waals surface area contributed by atoms with Gasteiger partial charge >= 0.3 is 0 Å². The first-order valence-corrected chi connectivity index (χ1v) is 13.3. The minimum Gasteiger partial charge on any atom is -0.404 e. The monoisotopic (exact) mass is 280 g/mol. The van der Waals surface area contributed by atoms with E-state index < -0.39 is 16.4 Å². The number of carbonyl (C=O) groups is 1. The lowest BCUT2D eigenvalue weighted by atomic mass is 10.1. The van der Waals surface area contributed by atoms with E-state index in [9.17, 15) is 4.79 Å². The number of rotatable bonds is 5. The van der Waals surface area contributed by atoms with E-state index in [1.807, 2.05) is 30.3 Å². The molecule has 0 heterocycles. The fourth-order valence-electron chi connectivity index (χ4n) is 1.65. The Labute approximate surface area is 113 Å². The van der Waals surface area contributed by atoms with E-state index in [-0.39, 0.29) is 11.5 Å². The Morgan fingerprint density at radius 3 is 1.89 bits per heavy atom. The second-order valence-corrected chi connectivity index (χ2v) is 16.1. The van der Waals surface area contributed by atoms with Crippen LogP contribution in [0.25, 0.3) is 0 Å². The molecular formula is C14H24O2Si2. The highest BCUT2D eigenvalue weighted by Gasteiger charge is 2.35. The van der Waals surface area contributed by atoms with Gasteiger partial charge < -0.3 is 9.22 Å². The molecule has 18 heavy (non-hydrogen) atoms. The van der Waals surface area contributed by atoms with Crippen molar-refractivity contribution in [1.29, 1.82) is 0 Å². The lowest BCUT2D eigenvalue weighted by Crippen LogP contribution is -2.42. The summed E-state index contributed by atoms with van der Waals surface area (Å²) in [4.78, 5) is 12.6. The van der Waals surface area contributed by atoms with Gasteiger partial charge in [0.15, 0.2) is 8.32 Å². The molecule has 0 amide bonds. The predicted octanol–water partition coefficient (Wildman–Crippen LogP) is 4.03. The van der Waals surface area contributed by atoms with E-state index in [1.54, 1.807) is 0 Å². The van der Waals surface area contributed by atoms with Gasteiger partial charge in [-0.2, -0.15) is 0 Å². The Hall–Kier alpha value is -0.716. The van der Waals surface area contributed by atoms with Crippen LogP contribution in [0.5, 0.6) is 0 Å². The molecule has 0 saturated carbocycles. The van der Waals surface area contributed by atoms with Crippen molar-refractivity contribution in [1.82, 2.24) is 0 Å². The standard InChI is InChI=1S/C14H24O2Si2/c1-17(2,3)14(15)13(16-18(4,5)6)12-10-8-7-9-11-12/h7-11,13H,1-6H3/t13-/m0/s1. The molecule has 1 rings (SSSR count). The summed E-state index contributed by atoms with van der Waals surface area (Å²) in [5.41, 5.74) is 0.993. The smallest absolute Gasteiger partial charge is 0.185 e. The van der Waals surface area contributed by atoms with Crippen molar-refractivity contribution in [2.24, 2.45) is 0 Å². The van der Waals surface area contributed by atoms with E-state index in [0.717, 1.165) is 5.56 Å². The van der Waals surface area contributed by atoms with Gasteiger partial charge in [0.05, 0.1) is 0 Å². The summed E-state index contributed by atoms with van der Waals surface area (Å²) < 4.78 is 6.14. The molecule has 2 nitrogen and oxygen atoms in total. The first kappa shape index (κ1) is 15.3. The van der Waals surface area contributed by atoms with E-state index in [0.29, 0.717) is 0 Å². The summed E-state index contributed by atoms with van der Waals surface area (Å²) >= 11 is 0. The predicted molar refractivity (Wildman–Crippen MR) is 82.0 cm³/mol. The van der Waals surface area contributed by atoms with Crippen molar-refractivity contribution >= 4 is 21.8 Å². The average molecular weight is 281 g/mol. The van der Waals surface area contributed by atoms with Gasteiger partial charge in [0.1, 0.15) is 19.6 Å². The van der Waals surface area contributed by atoms with E-state index >= 15 is 0 Å². The van der Waals surface area contributed by atoms with Gasteiger partial charge in [-0.05, 0) is 25.2 Å². The van der Waals surface area contributed by atoms with Crippen LogP contribution in [-0.4, -0.2) is 21.8 Å². The first-order chi connectivity index (χ1) is 8.11. The topological polar surface area (TPSA) is 26.3 Å². The highest BCUT2D eigenvalue weighted by Crippen LogP contribution is 2.26. The Kier molecular flexibility index (Phi) is 4.69. The molecular weight excluding hydrogens is 256 g/mol. The molecule has 1 aromatic carbocycles. The summed E-state index contributed by atoms with van der Waals surface area (Å²) in [5.74, 6) is 0. The van der Waals surface area contributed by atoms with Gasteiger partial charge in [-0.15, -0.1) is 0 Å². The van der Waals surface area contributed by atoms with Crippen LogP contribution in [0.4, 0.5) is 0 Å². The Bertz CT molecular complexity index is 402. The summed E-state index contributed by atoms with van der Waals surface area (Å²) in [6, 6.07) is 9.88. The molecule has 0 fully saturated rings. The van der Waals surface area contributed by atoms with Gasteiger partial charge in [-0.25, -0.2) is 0 Å². The van der Waals surface area contributed by atoms with Gasteiger partial charge in [-0.1, -0.05) is 50.0 Å². The third-order valence-corrected chi connectivity index (χ3v) is 5.23. The van der Waals surface area contributed by atoms with Crippen molar-refractivity contribution < 1.29 is 9.22 Å². The molecule has 100 valence electrons. The fourth-order valence-corrected chi connectivity index (χ4v) is 3.73. The SMILES string of the molecule is C[Si](C)(C)O[C@H](C(=O)[Si](C)(C)C)c1ccccc1. The van der Waals surface area contributed by atoms with E-state index in [1.165, 1.54) is 0 Å². The van der Waals surface area contributed by atoms with Crippen LogP contribution in [0.1, 0.15) is 11.7 Å². The third-order valence-electron chi connectivity index (χ3n) is 2.55. The molecule has 0 saturated heterocycles. The Morgan fingerprint density at radius 2 is 1.50 bits per heavy atom. The number of hydrogen-bond acceptors (Lipinski definition) is 2. The molecule has 0 aromatic heterocycles. The Balaban J connectivity index is 3.08. The summed E-state index contributed by atoms with van der Waals surface area (Å²) in [6.07, 6.45) is -0.371. The van der Waals surface area contributed by atoms with Gasteiger partial charge in [-0.3, -0.25) is 0 Å². The highest BCUT2D eigenvalue weighted by atomic mass is 28.4. The van der Waals surface area contributed by atoms with Crippen LogP contribution in [0.15, 0.2) is 30.3 Å². The van der Waals surface area contributed by atoms with Crippen LogP contribution in [-0.2, 0) is 9.22 Å². The van der Waals surface area contributed by atoms with E-state index in [4.69, 9.17) is 4.43 Å². The summed E-state index contributed by atoms with van der Waals surface area (Å²) in [6.45, 7) is 12.6. The van der Waals surface area contributed by atoms with Crippen LogP contribution in [0.3, 0.4) is 0 Å². The first-order valence-electron chi connectivity index (χ1n) is 6.38. The van der Waals surface area contributed by atoms with Crippen molar-refractivity contribution in [3.05, 3.63) is 35.9 Å². The zero-order chi connectivity index (χ0) is 14.0.